The van der Waals surface area contributed by atoms with E-state index in [4.69, 9.17) is 0 Å². The average Bonchev–Trinajstić information content (AvgIpc) is 2.38. The number of nitrogens with zero attached hydrogens (tertiary/aromatic N) is 3. The number of nitrogens with one attached hydrogen (secondary N) is 2. The van der Waals surface area contributed by atoms with Gasteiger partial charge in [-0.05, 0) is 6.07 Å². The number of rotatable bonds is 3. The maximum Gasteiger partial charge on any atom is 0.272 e. The van der Waals surface area contributed by atoms with Gasteiger partial charge in [0, 0.05) is 18.5 Å². The summed E-state index contributed by atoms with van der Waals surface area (Å²) >= 11 is 0. The highest BCUT2D eigenvalue weighted by Gasteiger charge is 2.06. The van der Waals surface area contributed by atoms with E-state index in [1.54, 1.807) is 18.6 Å². The Morgan fingerprint density at radius 3 is 2.88 bits per heavy atom. The smallest absolute Gasteiger partial charge is 0.272 e. The molecule has 0 bridgehead atoms. The van der Waals surface area contributed by atoms with Crippen molar-refractivity contribution in [2.75, 3.05) is 0 Å². The predicted molar refractivity (Wildman–Crippen MR) is 58.1 cm³/mol. The third-order valence-electron chi connectivity index (χ3n) is 1.96. The Labute approximate surface area is 95.9 Å². The van der Waals surface area contributed by atoms with Crippen LogP contribution in [-0.4, -0.2) is 26.1 Å². The fourth-order valence-electron chi connectivity index (χ4n) is 1.15. The number of aromatic amines is 1. The summed E-state index contributed by atoms with van der Waals surface area (Å²) in [6.45, 7) is 0.257. The third kappa shape index (κ3) is 2.94. The van der Waals surface area contributed by atoms with Gasteiger partial charge in [-0.2, -0.15) is 5.10 Å². The second-order valence-electron chi connectivity index (χ2n) is 3.19. The van der Waals surface area contributed by atoms with Gasteiger partial charge in [0.2, 0.25) is 0 Å². The van der Waals surface area contributed by atoms with Gasteiger partial charge >= 0.3 is 0 Å². The van der Waals surface area contributed by atoms with Crippen molar-refractivity contribution in [3.8, 4) is 0 Å². The molecule has 2 N–H and O–H groups in total. The number of hydrogen-bond acceptors (Lipinski definition) is 5. The summed E-state index contributed by atoms with van der Waals surface area (Å²) in [6, 6.07) is 2.59. The second-order valence-corrected chi connectivity index (χ2v) is 3.19. The summed E-state index contributed by atoms with van der Waals surface area (Å²) in [6.07, 6.45) is 4.65. The van der Waals surface area contributed by atoms with Crippen LogP contribution in [0.2, 0.25) is 0 Å². The van der Waals surface area contributed by atoms with Gasteiger partial charge in [0.25, 0.3) is 11.5 Å². The Bertz CT molecular complexity index is 546. The first-order chi connectivity index (χ1) is 8.25. The molecule has 1 amide bonds. The molecule has 0 aliphatic carbocycles. The van der Waals surface area contributed by atoms with E-state index < -0.39 is 0 Å². The normalized spacial score (nSPS) is 9.88. The van der Waals surface area contributed by atoms with Crippen molar-refractivity contribution in [1.29, 1.82) is 0 Å². The fourth-order valence-corrected chi connectivity index (χ4v) is 1.15. The molecule has 7 nitrogen and oxygen atoms in total. The van der Waals surface area contributed by atoms with Gasteiger partial charge in [0.1, 0.15) is 5.69 Å². The van der Waals surface area contributed by atoms with E-state index in [9.17, 15) is 9.59 Å². The van der Waals surface area contributed by atoms with E-state index in [0.717, 1.165) is 0 Å². The zero-order valence-corrected chi connectivity index (χ0v) is 8.75. The molecule has 7 heteroatoms. The topological polar surface area (TPSA) is 101 Å². The summed E-state index contributed by atoms with van der Waals surface area (Å²) in [5, 5.41) is 8.40. The van der Waals surface area contributed by atoms with Crippen molar-refractivity contribution >= 4 is 5.91 Å². The monoisotopic (exact) mass is 231 g/mol. The Balaban J connectivity index is 1.98. The summed E-state index contributed by atoms with van der Waals surface area (Å²) in [5.74, 6) is -0.382. The molecule has 0 aliphatic rings. The van der Waals surface area contributed by atoms with E-state index in [1.165, 1.54) is 12.1 Å². The minimum atomic E-state index is -0.382. The molecule has 0 aromatic carbocycles. The maximum atomic E-state index is 11.6. The fraction of sp³-hybridized carbons (Fsp3) is 0.100. The van der Waals surface area contributed by atoms with Crippen molar-refractivity contribution < 1.29 is 4.79 Å². The first-order valence-corrected chi connectivity index (χ1v) is 4.84. The van der Waals surface area contributed by atoms with Gasteiger partial charge < -0.3 is 5.32 Å². The Kier molecular flexibility index (Phi) is 3.20. The Morgan fingerprint density at radius 2 is 2.24 bits per heavy atom. The molecular weight excluding hydrogens is 222 g/mol. The molecule has 0 atom stereocenters. The summed E-state index contributed by atoms with van der Waals surface area (Å²) in [4.78, 5) is 30.2. The lowest BCUT2D eigenvalue weighted by molar-refractivity contribution is 0.0944. The van der Waals surface area contributed by atoms with Crippen LogP contribution in [0.3, 0.4) is 0 Å². The van der Waals surface area contributed by atoms with Crippen LogP contribution in [0.5, 0.6) is 0 Å². The van der Waals surface area contributed by atoms with Crippen molar-refractivity contribution in [3.63, 3.8) is 0 Å². The highest BCUT2D eigenvalue weighted by Crippen LogP contribution is 1.92. The van der Waals surface area contributed by atoms with Gasteiger partial charge in [-0.15, -0.1) is 0 Å². The van der Waals surface area contributed by atoms with E-state index in [1.807, 2.05) is 0 Å². The summed E-state index contributed by atoms with van der Waals surface area (Å²) in [5.41, 5.74) is 0.439. The molecule has 2 aromatic rings. The van der Waals surface area contributed by atoms with Crippen molar-refractivity contribution in [1.82, 2.24) is 25.5 Å². The highest BCUT2D eigenvalue weighted by atomic mass is 16.2. The lowest BCUT2D eigenvalue weighted by atomic mass is 10.3. The van der Waals surface area contributed by atoms with E-state index in [0.29, 0.717) is 5.69 Å². The first-order valence-electron chi connectivity index (χ1n) is 4.84. The zero-order valence-electron chi connectivity index (χ0n) is 8.75. The maximum absolute atomic E-state index is 11.6. The lowest BCUT2D eigenvalue weighted by Gasteiger charge is -2.02. The highest BCUT2D eigenvalue weighted by molar-refractivity contribution is 5.91. The van der Waals surface area contributed by atoms with Crippen LogP contribution in [0, 0.1) is 0 Å². The van der Waals surface area contributed by atoms with Crippen LogP contribution in [0.15, 0.2) is 35.5 Å². The molecule has 0 aliphatic heterocycles. The number of hydrogen-bond donors (Lipinski definition) is 2. The molecule has 0 radical (unpaired) electrons. The second kappa shape index (κ2) is 4.97. The number of H-pyrrole nitrogens is 1. The molecule has 0 fully saturated rings. The van der Waals surface area contributed by atoms with E-state index in [-0.39, 0.29) is 23.7 Å². The molecule has 0 saturated carbocycles. The van der Waals surface area contributed by atoms with Crippen molar-refractivity contribution in [3.05, 3.63) is 52.5 Å². The van der Waals surface area contributed by atoms with Gasteiger partial charge in [-0.1, -0.05) is 0 Å². The third-order valence-corrected chi connectivity index (χ3v) is 1.96. The van der Waals surface area contributed by atoms with Gasteiger partial charge in [0.05, 0.1) is 18.4 Å². The molecule has 2 rings (SSSR count). The predicted octanol–water partition coefficient (Wildman–Crippen LogP) is -0.510. The largest absolute Gasteiger partial charge is 0.345 e. The molecule has 2 aromatic heterocycles. The zero-order chi connectivity index (χ0) is 12.1. The molecule has 86 valence electrons. The molecule has 17 heavy (non-hydrogen) atoms. The minimum Gasteiger partial charge on any atom is -0.345 e. The molecule has 0 unspecified atom stereocenters. The standard InChI is InChI=1S/C10H9N5O2/c16-9-2-1-8(14-15-9)10(17)13-6-7-5-11-3-4-12-7/h1-5H,6H2,(H,13,17)(H,15,16). The quantitative estimate of drug-likeness (QED) is 0.740. The first kappa shape index (κ1) is 10.9. The van der Waals surface area contributed by atoms with Gasteiger partial charge in [0.15, 0.2) is 0 Å². The van der Waals surface area contributed by atoms with Gasteiger partial charge in [-0.25, -0.2) is 5.10 Å². The van der Waals surface area contributed by atoms with Gasteiger partial charge in [-0.3, -0.25) is 19.6 Å². The SMILES string of the molecule is O=C(NCc1cnccn1)c1ccc(=O)[nH]n1. The number of aromatic nitrogens is 4. The molecule has 2 heterocycles. The molecule has 0 saturated heterocycles. The van der Waals surface area contributed by atoms with E-state index >= 15 is 0 Å². The number of carbonyl (C=O) groups excluding carboxylic acids is 1. The van der Waals surface area contributed by atoms with E-state index in [2.05, 4.69) is 25.5 Å². The summed E-state index contributed by atoms with van der Waals surface area (Å²) in [7, 11) is 0. The average molecular weight is 231 g/mol. The van der Waals surface area contributed by atoms with Crippen molar-refractivity contribution in [2.45, 2.75) is 6.54 Å². The van der Waals surface area contributed by atoms with Crippen LogP contribution < -0.4 is 10.9 Å². The van der Waals surface area contributed by atoms with Crippen molar-refractivity contribution in [2.24, 2.45) is 0 Å². The molecular formula is C10H9N5O2. The van der Waals surface area contributed by atoms with Crippen LogP contribution in [-0.2, 0) is 6.54 Å². The van der Waals surface area contributed by atoms with Crippen LogP contribution in [0.1, 0.15) is 16.2 Å². The minimum absolute atomic E-state index is 0.147. The lowest BCUT2D eigenvalue weighted by Crippen LogP contribution is -2.25. The van der Waals surface area contributed by atoms with Crippen LogP contribution in [0.25, 0.3) is 0 Å². The summed E-state index contributed by atoms with van der Waals surface area (Å²) < 4.78 is 0. The van der Waals surface area contributed by atoms with Crippen LogP contribution in [0.4, 0.5) is 0 Å². The molecule has 0 spiro atoms. The Hall–Kier alpha value is -2.57. The van der Waals surface area contributed by atoms with Crippen LogP contribution >= 0.6 is 0 Å². The number of amides is 1. The number of carbonyl (C=O) groups is 1. The Morgan fingerprint density at radius 1 is 1.35 bits per heavy atom.